The van der Waals surface area contributed by atoms with E-state index >= 15 is 0 Å². The van der Waals surface area contributed by atoms with Crippen LogP contribution in [0.2, 0.25) is 0 Å². The quantitative estimate of drug-likeness (QED) is 0.564. The summed E-state index contributed by atoms with van der Waals surface area (Å²) in [6.45, 7) is 3.18. The van der Waals surface area contributed by atoms with E-state index in [0.717, 1.165) is 17.2 Å². The minimum atomic E-state index is -4.96. The van der Waals surface area contributed by atoms with Gasteiger partial charge in [-0.2, -0.15) is 13.2 Å². The number of nitrogens with zero attached hydrogens (tertiary/aromatic N) is 1. The van der Waals surface area contributed by atoms with Gasteiger partial charge in [-0.25, -0.2) is 0 Å². The Balaban J connectivity index is 2.14. The second kappa shape index (κ2) is 7.97. The Bertz CT molecular complexity index is 878. The highest BCUT2D eigenvalue weighted by molar-refractivity contribution is 5.97. The van der Waals surface area contributed by atoms with Crippen molar-refractivity contribution in [3.8, 4) is 0 Å². The lowest BCUT2D eigenvalue weighted by molar-refractivity contribution is -0.388. The van der Waals surface area contributed by atoms with Crippen molar-refractivity contribution in [1.29, 1.82) is 0 Å². The van der Waals surface area contributed by atoms with Gasteiger partial charge in [0.25, 0.3) is 11.6 Å². The molecule has 2 aromatic carbocycles. The number of nitro benzene ring substituents is 1. The molecule has 0 saturated carbocycles. The molecule has 1 atom stereocenters. The Labute approximate surface area is 159 Å². The van der Waals surface area contributed by atoms with Crippen molar-refractivity contribution in [2.45, 2.75) is 38.5 Å². The van der Waals surface area contributed by atoms with Crippen LogP contribution in [0.4, 0.5) is 24.5 Å². The molecular formula is C19H19F3N2O4. The molecule has 0 saturated heterocycles. The van der Waals surface area contributed by atoms with E-state index in [1.54, 1.807) is 0 Å². The van der Waals surface area contributed by atoms with Crippen LogP contribution in [0.5, 0.6) is 0 Å². The van der Waals surface area contributed by atoms with E-state index in [9.17, 15) is 33.2 Å². The fourth-order valence-corrected chi connectivity index (χ4v) is 2.52. The monoisotopic (exact) mass is 396 g/mol. The number of aliphatic hydroxyl groups is 1. The first-order valence-electron chi connectivity index (χ1n) is 8.35. The summed E-state index contributed by atoms with van der Waals surface area (Å²) in [5, 5.41) is 23.4. The third-order valence-electron chi connectivity index (χ3n) is 4.27. The molecule has 9 heteroatoms. The molecule has 0 bridgehead atoms. The van der Waals surface area contributed by atoms with E-state index < -0.39 is 33.9 Å². The van der Waals surface area contributed by atoms with Crippen LogP contribution in [0.15, 0.2) is 42.5 Å². The largest absolute Gasteiger partial charge is 0.423 e. The van der Waals surface area contributed by atoms with E-state index in [2.05, 4.69) is 5.32 Å². The highest BCUT2D eigenvalue weighted by Gasteiger charge is 2.39. The van der Waals surface area contributed by atoms with Crippen molar-refractivity contribution >= 4 is 17.3 Å². The minimum absolute atomic E-state index is 0.0427. The minimum Gasteiger partial charge on any atom is -0.380 e. The Morgan fingerprint density at radius 2 is 1.79 bits per heavy atom. The number of rotatable bonds is 6. The van der Waals surface area contributed by atoms with Crippen molar-refractivity contribution in [1.82, 2.24) is 0 Å². The zero-order valence-corrected chi connectivity index (χ0v) is 15.2. The highest BCUT2D eigenvalue weighted by Crippen LogP contribution is 2.37. The van der Waals surface area contributed by atoms with Gasteiger partial charge in [0.1, 0.15) is 11.2 Å². The summed E-state index contributed by atoms with van der Waals surface area (Å²) in [5.74, 6) is -0.901. The van der Waals surface area contributed by atoms with E-state index in [0.29, 0.717) is 18.6 Å². The third kappa shape index (κ3) is 5.29. The Kier molecular flexibility index (Phi) is 6.08. The molecule has 0 aliphatic heterocycles. The molecule has 0 fully saturated rings. The van der Waals surface area contributed by atoms with Crippen LogP contribution in [-0.4, -0.2) is 21.5 Å². The van der Waals surface area contributed by atoms with E-state index in [1.165, 1.54) is 6.92 Å². The van der Waals surface area contributed by atoms with Gasteiger partial charge in [0.15, 0.2) is 0 Å². The van der Waals surface area contributed by atoms with Crippen LogP contribution in [0, 0.1) is 17.0 Å². The van der Waals surface area contributed by atoms with Gasteiger partial charge in [-0.3, -0.25) is 14.9 Å². The summed E-state index contributed by atoms with van der Waals surface area (Å²) in [5.41, 5.74) is -2.77. The smallest absolute Gasteiger partial charge is 0.380 e. The Morgan fingerprint density at radius 3 is 2.32 bits per heavy atom. The van der Waals surface area contributed by atoms with Crippen LogP contribution < -0.4 is 5.32 Å². The number of benzene rings is 2. The molecule has 2 N–H and O–H groups in total. The number of carbonyl (C=O) groups is 1. The molecule has 1 amide bonds. The Morgan fingerprint density at radius 1 is 1.18 bits per heavy atom. The summed E-state index contributed by atoms with van der Waals surface area (Å²) in [4.78, 5) is 21.9. The van der Waals surface area contributed by atoms with Crippen LogP contribution in [-0.2, 0) is 17.4 Å². The van der Waals surface area contributed by atoms with E-state index in [-0.39, 0.29) is 12.1 Å². The van der Waals surface area contributed by atoms with Crippen molar-refractivity contribution in [3.63, 3.8) is 0 Å². The second-order valence-electron chi connectivity index (χ2n) is 6.70. The average molecular weight is 396 g/mol. The predicted molar refractivity (Wildman–Crippen MR) is 96.9 cm³/mol. The standard InChI is InChI=1S/C19H19F3N2O4/c1-12-3-5-13(6-4-12)9-10-18(2,26)17(25)23-14-7-8-16(24(27)28)15(11-14)19(20,21)22/h3-8,11,26H,9-10H2,1-2H3,(H,23,25)/t18-/m0/s1. The molecule has 0 aliphatic rings. The number of aryl methyl sites for hydroxylation is 2. The molecule has 6 nitrogen and oxygen atoms in total. The SMILES string of the molecule is Cc1ccc(CC[C@](C)(O)C(=O)Nc2ccc([N+](=O)[O-])c(C(F)(F)F)c2)cc1. The van der Waals surface area contributed by atoms with Crippen molar-refractivity contribution in [3.05, 3.63) is 69.3 Å². The lowest BCUT2D eigenvalue weighted by Crippen LogP contribution is -2.40. The molecule has 28 heavy (non-hydrogen) atoms. The van der Waals surface area contributed by atoms with E-state index in [4.69, 9.17) is 0 Å². The van der Waals surface area contributed by atoms with Crippen LogP contribution >= 0.6 is 0 Å². The highest BCUT2D eigenvalue weighted by atomic mass is 19.4. The number of carbonyl (C=O) groups excluding carboxylic acids is 1. The first-order valence-corrected chi connectivity index (χ1v) is 8.35. The fourth-order valence-electron chi connectivity index (χ4n) is 2.52. The first-order chi connectivity index (χ1) is 12.9. The van der Waals surface area contributed by atoms with E-state index in [1.807, 2.05) is 31.2 Å². The van der Waals surface area contributed by atoms with Crippen LogP contribution in [0.1, 0.15) is 30.0 Å². The van der Waals surface area contributed by atoms with Crippen LogP contribution in [0.3, 0.4) is 0 Å². The number of hydrogen-bond donors (Lipinski definition) is 2. The van der Waals surface area contributed by atoms with Crippen molar-refractivity contribution in [2.75, 3.05) is 5.32 Å². The molecule has 2 rings (SSSR count). The van der Waals surface area contributed by atoms with Gasteiger partial charge in [0.05, 0.1) is 4.92 Å². The molecule has 0 unspecified atom stereocenters. The lowest BCUT2D eigenvalue weighted by Gasteiger charge is -2.22. The summed E-state index contributed by atoms with van der Waals surface area (Å²) in [6.07, 6.45) is -4.53. The average Bonchev–Trinajstić information content (AvgIpc) is 2.60. The zero-order chi connectivity index (χ0) is 21.1. The van der Waals surface area contributed by atoms with Gasteiger partial charge < -0.3 is 10.4 Å². The molecule has 0 aliphatic carbocycles. The Hall–Kier alpha value is -2.94. The molecule has 0 aromatic heterocycles. The number of hydrogen-bond acceptors (Lipinski definition) is 4. The number of nitro groups is 1. The van der Waals surface area contributed by atoms with Gasteiger partial charge in [0, 0.05) is 11.8 Å². The maximum Gasteiger partial charge on any atom is 0.423 e. The van der Waals surface area contributed by atoms with Gasteiger partial charge >= 0.3 is 6.18 Å². The summed E-state index contributed by atoms with van der Waals surface area (Å²) in [6, 6.07) is 9.62. The van der Waals surface area contributed by atoms with Crippen LogP contribution in [0.25, 0.3) is 0 Å². The van der Waals surface area contributed by atoms with Crippen molar-refractivity contribution in [2.24, 2.45) is 0 Å². The number of nitrogens with one attached hydrogen (secondary N) is 1. The summed E-state index contributed by atoms with van der Waals surface area (Å²) < 4.78 is 39.1. The van der Waals surface area contributed by atoms with Gasteiger partial charge in [-0.05, 0) is 44.4 Å². The molecule has 150 valence electrons. The summed E-state index contributed by atoms with van der Waals surface area (Å²) >= 11 is 0. The molecule has 0 heterocycles. The third-order valence-corrected chi connectivity index (χ3v) is 4.27. The number of amides is 1. The number of alkyl halides is 3. The molecule has 0 radical (unpaired) electrons. The lowest BCUT2D eigenvalue weighted by atomic mass is 9.95. The topological polar surface area (TPSA) is 92.5 Å². The van der Waals surface area contributed by atoms with Gasteiger partial charge in [0.2, 0.25) is 0 Å². The second-order valence-corrected chi connectivity index (χ2v) is 6.70. The molecular weight excluding hydrogens is 377 g/mol. The van der Waals surface area contributed by atoms with Gasteiger partial charge in [-0.15, -0.1) is 0 Å². The maximum absolute atomic E-state index is 13.0. The van der Waals surface area contributed by atoms with Crippen molar-refractivity contribution < 1.29 is 28.0 Å². The molecule has 0 spiro atoms. The zero-order valence-electron chi connectivity index (χ0n) is 15.2. The summed E-state index contributed by atoms with van der Waals surface area (Å²) in [7, 11) is 0. The maximum atomic E-state index is 13.0. The normalized spacial score (nSPS) is 13.6. The fraction of sp³-hybridized carbons (Fsp3) is 0.316. The molecule has 2 aromatic rings. The first kappa shape index (κ1) is 21.4. The number of anilines is 1. The number of halogens is 3. The van der Waals surface area contributed by atoms with Gasteiger partial charge in [-0.1, -0.05) is 29.8 Å². The predicted octanol–water partition coefficient (Wildman–Crippen LogP) is 4.24.